The highest BCUT2D eigenvalue weighted by Crippen LogP contribution is 2.14. The molecule has 2 aromatic rings. The van der Waals surface area contributed by atoms with E-state index in [2.05, 4.69) is 20.6 Å². The van der Waals surface area contributed by atoms with Crippen molar-refractivity contribution in [2.45, 2.75) is 12.5 Å². The number of nitrogens with zero attached hydrogens (tertiary/aromatic N) is 4. The van der Waals surface area contributed by atoms with Gasteiger partial charge in [-0.1, -0.05) is 0 Å². The van der Waals surface area contributed by atoms with Crippen LogP contribution in [0.4, 0.5) is 0 Å². The first-order chi connectivity index (χ1) is 7.81. The summed E-state index contributed by atoms with van der Waals surface area (Å²) in [6.45, 7) is 0. The second kappa shape index (κ2) is 4.82. The Morgan fingerprint density at radius 2 is 2.31 bits per heavy atom. The first kappa shape index (κ1) is 10.7. The molecule has 0 aliphatic heterocycles. The maximum Gasteiger partial charge on any atom is 0.110 e. The molecule has 6 heteroatoms. The third-order valence-corrected chi connectivity index (χ3v) is 2.52. The maximum absolute atomic E-state index is 5.54. The van der Waals surface area contributed by atoms with Crippen molar-refractivity contribution in [2.24, 2.45) is 12.9 Å². The first-order valence-electron chi connectivity index (χ1n) is 5.00. The summed E-state index contributed by atoms with van der Waals surface area (Å²) in [6, 6.07) is 1.89. The van der Waals surface area contributed by atoms with Crippen molar-refractivity contribution in [3.05, 3.63) is 42.2 Å². The van der Waals surface area contributed by atoms with Gasteiger partial charge in [0.15, 0.2) is 0 Å². The van der Waals surface area contributed by atoms with Crippen LogP contribution in [0.25, 0.3) is 0 Å². The molecule has 0 saturated carbocycles. The van der Waals surface area contributed by atoms with Gasteiger partial charge in [-0.05, 0) is 11.6 Å². The van der Waals surface area contributed by atoms with Gasteiger partial charge in [-0.15, -0.1) is 0 Å². The Bertz CT molecular complexity index is 438. The van der Waals surface area contributed by atoms with E-state index in [4.69, 9.17) is 5.84 Å². The Labute approximate surface area is 93.5 Å². The molecule has 0 saturated heterocycles. The number of imidazole rings is 1. The molecule has 84 valence electrons. The number of nitrogens with two attached hydrogens (primary N) is 1. The molecule has 0 fully saturated rings. The summed E-state index contributed by atoms with van der Waals surface area (Å²) < 4.78 is 1.97. The van der Waals surface area contributed by atoms with Crippen LogP contribution in [0.5, 0.6) is 0 Å². The highest BCUT2D eigenvalue weighted by atomic mass is 15.2. The van der Waals surface area contributed by atoms with Crippen molar-refractivity contribution in [1.29, 1.82) is 0 Å². The van der Waals surface area contributed by atoms with Gasteiger partial charge in [0.05, 0.1) is 12.2 Å². The van der Waals surface area contributed by atoms with Crippen LogP contribution in [0.1, 0.15) is 17.4 Å². The lowest BCUT2D eigenvalue weighted by Gasteiger charge is -2.15. The van der Waals surface area contributed by atoms with Gasteiger partial charge < -0.3 is 4.57 Å². The zero-order chi connectivity index (χ0) is 11.4. The normalized spacial score (nSPS) is 12.6. The van der Waals surface area contributed by atoms with Crippen LogP contribution in [-0.2, 0) is 13.5 Å². The van der Waals surface area contributed by atoms with Gasteiger partial charge >= 0.3 is 0 Å². The van der Waals surface area contributed by atoms with E-state index in [0.29, 0.717) is 6.42 Å². The fourth-order valence-electron chi connectivity index (χ4n) is 1.56. The summed E-state index contributed by atoms with van der Waals surface area (Å²) in [5, 5.41) is 7.57. The van der Waals surface area contributed by atoms with E-state index < -0.39 is 0 Å². The van der Waals surface area contributed by atoms with Crippen LogP contribution in [0.2, 0.25) is 0 Å². The van der Waals surface area contributed by atoms with Gasteiger partial charge in [-0.3, -0.25) is 11.3 Å². The Hall–Kier alpha value is -1.79. The topological polar surface area (TPSA) is 81.7 Å². The van der Waals surface area contributed by atoms with E-state index >= 15 is 0 Å². The van der Waals surface area contributed by atoms with Crippen LogP contribution >= 0.6 is 0 Å². The number of hydrogen-bond donors (Lipinski definition) is 2. The van der Waals surface area contributed by atoms with E-state index in [1.165, 1.54) is 0 Å². The largest absolute Gasteiger partial charge is 0.338 e. The average molecular weight is 218 g/mol. The van der Waals surface area contributed by atoms with Crippen molar-refractivity contribution in [3.63, 3.8) is 0 Å². The monoisotopic (exact) mass is 218 g/mol. The third kappa shape index (κ3) is 2.23. The van der Waals surface area contributed by atoms with Crippen LogP contribution in [0.3, 0.4) is 0 Å². The van der Waals surface area contributed by atoms with E-state index in [1.54, 1.807) is 18.6 Å². The summed E-state index contributed by atoms with van der Waals surface area (Å²) in [7, 11) is 1.96. The minimum atomic E-state index is -0.00315. The zero-order valence-corrected chi connectivity index (χ0v) is 9.04. The fourth-order valence-corrected chi connectivity index (χ4v) is 1.56. The molecule has 2 aromatic heterocycles. The quantitative estimate of drug-likeness (QED) is 0.555. The minimum Gasteiger partial charge on any atom is -0.338 e. The maximum atomic E-state index is 5.54. The summed E-state index contributed by atoms with van der Waals surface area (Å²) in [6.07, 6.45) is 7.75. The molecule has 2 rings (SSSR count). The number of rotatable bonds is 4. The van der Waals surface area contributed by atoms with E-state index in [9.17, 15) is 0 Å². The Morgan fingerprint density at radius 3 is 2.88 bits per heavy atom. The molecule has 0 aliphatic carbocycles. The first-order valence-corrected chi connectivity index (χ1v) is 5.00. The van der Waals surface area contributed by atoms with Crippen LogP contribution < -0.4 is 11.3 Å². The van der Waals surface area contributed by atoms with Crippen molar-refractivity contribution in [3.8, 4) is 0 Å². The molecule has 1 atom stereocenters. The third-order valence-electron chi connectivity index (χ3n) is 2.52. The predicted molar refractivity (Wildman–Crippen MR) is 59.0 cm³/mol. The zero-order valence-electron chi connectivity index (χ0n) is 9.04. The van der Waals surface area contributed by atoms with Gasteiger partial charge in [0, 0.05) is 32.1 Å². The molecule has 0 aromatic carbocycles. The highest BCUT2D eigenvalue weighted by molar-refractivity contribution is 5.13. The van der Waals surface area contributed by atoms with Gasteiger partial charge in [-0.2, -0.15) is 10.2 Å². The Kier molecular flexibility index (Phi) is 3.23. The highest BCUT2D eigenvalue weighted by Gasteiger charge is 2.13. The van der Waals surface area contributed by atoms with Gasteiger partial charge in [-0.25, -0.2) is 4.98 Å². The summed E-state index contributed by atoms with van der Waals surface area (Å²) in [5.41, 5.74) is 3.76. The van der Waals surface area contributed by atoms with Crippen LogP contribution in [0, 0.1) is 0 Å². The van der Waals surface area contributed by atoms with Crippen molar-refractivity contribution >= 4 is 0 Å². The molecular formula is C10H14N6. The molecule has 0 aliphatic rings. The number of nitrogens with one attached hydrogen (secondary N) is 1. The molecular weight excluding hydrogens is 204 g/mol. The Balaban J connectivity index is 2.16. The van der Waals surface area contributed by atoms with Gasteiger partial charge in [0.2, 0.25) is 0 Å². The standard InChI is InChI=1S/C10H14N6/c1-16-5-4-12-10(16)6-9(15-11)8-2-3-13-14-7-8/h2-5,7,9,15H,6,11H2,1H3. The van der Waals surface area contributed by atoms with Crippen molar-refractivity contribution in [2.75, 3.05) is 0 Å². The lowest BCUT2D eigenvalue weighted by Crippen LogP contribution is -2.30. The molecule has 0 bridgehead atoms. The SMILES string of the molecule is Cn1ccnc1CC(NN)c1ccnnc1. The molecule has 0 spiro atoms. The van der Waals surface area contributed by atoms with E-state index in [0.717, 1.165) is 11.4 Å². The second-order valence-electron chi connectivity index (χ2n) is 3.55. The van der Waals surface area contributed by atoms with E-state index in [-0.39, 0.29) is 6.04 Å². The minimum absolute atomic E-state index is 0.00315. The average Bonchev–Trinajstić information content (AvgIpc) is 2.73. The van der Waals surface area contributed by atoms with Crippen LogP contribution in [0.15, 0.2) is 30.9 Å². The molecule has 2 heterocycles. The smallest absolute Gasteiger partial charge is 0.110 e. The summed E-state index contributed by atoms with van der Waals surface area (Å²) in [4.78, 5) is 4.26. The van der Waals surface area contributed by atoms with Crippen molar-refractivity contribution in [1.82, 2.24) is 25.2 Å². The predicted octanol–water partition coefficient (Wildman–Crippen LogP) is -0.0428. The molecule has 0 radical (unpaired) electrons. The Morgan fingerprint density at radius 1 is 1.44 bits per heavy atom. The number of hydrazine groups is 1. The molecule has 16 heavy (non-hydrogen) atoms. The second-order valence-corrected chi connectivity index (χ2v) is 3.55. The lowest BCUT2D eigenvalue weighted by molar-refractivity contribution is 0.527. The molecule has 0 amide bonds. The van der Waals surface area contributed by atoms with E-state index in [1.807, 2.05) is 23.9 Å². The van der Waals surface area contributed by atoms with Crippen LogP contribution in [-0.4, -0.2) is 19.7 Å². The summed E-state index contributed by atoms with van der Waals surface area (Å²) in [5.74, 6) is 6.51. The fraction of sp³-hybridized carbons (Fsp3) is 0.300. The summed E-state index contributed by atoms with van der Waals surface area (Å²) >= 11 is 0. The van der Waals surface area contributed by atoms with Crippen molar-refractivity contribution < 1.29 is 0 Å². The number of hydrogen-bond acceptors (Lipinski definition) is 5. The molecule has 6 nitrogen and oxygen atoms in total. The molecule has 3 N–H and O–H groups in total. The lowest BCUT2D eigenvalue weighted by atomic mass is 10.1. The van der Waals surface area contributed by atoms with Gasteiger partial charge in [0.25, 0.3) is 0 Å². The number of aryl methyl sites for hydroxylation is 1. The van der Waals surface area contributed by atoms with Gasteiger partial charge in [0.1, 0.15) is 5.82 Å². The molecule has 1 unspecified atom stereocenters. The number of aromatic nitrogens is 4.